The molecule has 0 aliphatic carbocycles. The maximum absolute atomic E-state index is 12.7. The van der Waals surface area contributed by atoms with Crippen molar-refractivity contribution in [3.05, 3.63) is 19.3 Å². The Hall–Kier alpha value is 1.85. The third-order valence-corrected chi connectivity index (χ3v) is 8.08. The van der Waals surface area contributed by atoms with E-state index in [1.807, 2.05) is 27.7 Å². The number of carbonyl (C=O) groups is 3. The fraction of sp³-hybridized carbons (Fsp3) is 0.750. The molecule has 0 bridgehead atoms. The number of thioether (sulfide) groups is 3. The number of rotatable bonds is 22. The number of hydrogen-bond acceptors (Lipinski definition) is 6. The topological polar surface area (TPSA) is 51.2 Å². The molecular formula is C24H41Li3O3S3. The molecule has 0 aromatic rings. The Morgan fingerprint density at radius 3 is 1.09 bits per heavy atom. The van der Waals surface area contributed by atoms with Crippen LogP contribution < -0.4 is 56.6 Å². The van der Waals surface area contributed by atoms with Crippen molar-refractivity contribution in [2.75, 3.05) is 34.5 Å². The predicted molar refractivity (Wildman–Crippen MR) is 137 cm³/mol. The van der Waals surface area contributed by atoms with E-state index in [-0.39, 0.29) is 73.9 Å². The summed E-state index contributed by atoms with van der Waals surface area (Å²) in [6, 6.07) is 0. The van der Waals surface area contributed by atoms with Crippen molar-refractivity contribution in [3.8, 4) is 0 Å². The molecule has 0 unspecified atom stereocenters. The van der Waals surface area contributed by atoms with Crippen molar-refractivity contribution < 1.29 is 71.0 Å². The van der Waals surface area contributed by atoms with Crippen LogP contribution in [0.15, 0.2) is 0 Å². The van der Waals surface area contributed by atoms with Gasteiger partial charge in [-0.05, 0) is 29.1 Å². The van der Waals surface area contributed by atoms with Gasteiger partial charge in [-0.15, -0.1) is 17.3 Å². The van der Waals surface area contributed by atoms with Crippen molar-refractivity contribution in [2.45, 2.75) is 72.6 Å². The quantitative estimate of drug-likeness (QED) is 0.0929. The first-order valence-electron chi connectivity index (χ1n) is 11.0. The van der Waals surface area contributed by atoms with Gasteiger partial charge in [-0.25, -0.2) is 0 Å². The fourth-order valence-corrected chi connectivity index (χ4v) is 5.57. The second-order valence-corrected chi connectivity index (χ2v) is 11.1. The van der Waals surface area contributed by atoms with Crippen molar-refractivity contribution >= 4 is 52.6 Å². The molecule has 9 heteroatoms. The molecule has 0 aliphatic heterocycles. The normalized spacial score (nSPS) is 10.5. The van der Waals surface area contributed by atoms with Gasteiger partial charge < -0.3 is 19.3 Å². The Morgan fingerprint density at radius 2 is 0.879 bits per heavy atom. The molecule has 0 spiro atoms. The van der Waals surface area contributed by atoms with Crippen LogP contribution in [0.5, 0.6) is 0 Å². The van der Waals surface area contributed by atoms with Gasteiger partial charge in [0.15, 0.2) is 0 Å². The molecule has 0 amide bonds. The first-order chi connectivity index (χ1) is 14.4. The summed E-state index contributed by atoms with van der Waals surface area (Å²) < 4.78 is 0. The number of hydrogen-bond donors (Lipinski definition) is 0. The van der Waals surface area contributed by atoms with Crippen molar-refractivity contribution in [2.24, 2.45) is 5.41 Å². The summed E-state index contributed by atoms with van der Waals surface area (Å²) in [5.41, 5.74) is -0.504. The van der Waals surface area contributed by atoms with Gasteiger partial charge in [0.1, 0.15) is 17.3 Å². The van der Waals surface area contributed by atoms with Gasteiger partial charge in [0, 0.05) is 38.5 Å². The summed E-state index contributed by atoms with van der Waals surface area (Å²) >= 11 is 5.26. The van der Waals surface area contributed by atoms with E-state index in [2.05, 4.69) is 19.3 Å². The molecule has 3 nitrogen and oxygen atoms in total. The Labute approximate surface area is 253 Å². The molecule has 0 rings (SSSR count). The third-order valence-electron chi connectivity index (χ3n) is 4.90. The molecule has 0 aromatic carbocycles. The van der Waals surface area contributed by atoms with Crippen molar-refractivity contribution in [3.63, 3.8) is 0 Å². The van der Waals surface area contributed by atoms with Crippen LogP contribution in [0.1, 0.15) is 72.6 Å². The van der Waals surface area contributed by atoms with E-state index >= 15 is 0 Å². The second kappa shape index (κ2) is 28.4. The minimum atomic E-state index is -0.504. The summed E-state index contributed by atoms with van der Waals surface area (Å²) in [5, 5.41) is 0. The van der Waals surface area contributed by atoms with Gasteiger partial charge >= 0.3 is 56.6 Å². The van der Waals surface area contributed by atoms with Crippen LogP contribution in [0.4, 0.5) is 0 Å². The van der Waals surface area contributed by atoms with Gasteiger partial charge in [-0.1, -0.05) is 6.92 Å². The van der Waals surface area contributed by atoms with E-state index in [0.717, 1.165) is 34.5 Å². The number of carbonyl (C=O) groups excluding carboxylic acids is 3. The Balaban J connectivity index is -0.00000140. The molecule has 0 aliphatic rings. The minimum absolute atomic E-state index is 0. The predicted octanol–water partition coefficient (Wildman–Crippen LogP) is -2.69. The average molecular weight is 495 g/mol. The summed E-state index contributed by atoms with van der Waals surface area (Å²) in [4.78, 5) is 38.0. The largest absolute Gasteiger partial charge is 1.00 e. The minimum Gasteiger partial charge on any atom is -0.322 e. The first-order valence-corrected chi connectivity index (χ1v) is 14.5. The summed E-state index contributed by atoms with van der Waals surface area (Å²) in [5.74, 6) is 5.81. The molecule has 0 heterocycles. The molecule has 0 N–H and O–H groups in total. The van der Waals surface area contributed by atoms with Crippen molar-refractivity contribution in [1.82, 2.24) is 0 Å². The van der Waals surface area contributed by atoms with Crippen LogP contribution in [-0.4, -0.2) is 51.9 Å². The Morgan fingerprint density at radius 1 is 0.606 bits per heavy atom. The van der Waals surface area contributed by atoms with Gasteiger partial charge in [-0.3, -0.25) is 14.4 Å². The van der Waals surface area contributed by atoms with Crippen LogP contribution in [0, 0.1) is 24.7 Å². The van der Waals surface area contributed by atoms with E-state index in [0.29, 0.717) is 44.9 Å². The summed E-state index contributed by atoms with van der Waals surface area (Å²) in [7, 11) is 0. The molecule has 33 heavy (non-hydrogen) atoms. The molecule has 0 aromatic heterocycles. The second-order valence-electron chi connectivity index (χ2n) is 7.70. The maximum atomic E-state index is 12.7. The van der Waals surface area contributed by atoms with Crippen LogP contribution >= 0.6 is 35.3 Å². The van der Waals surface area contributed by atoms with Gasteiger partial charge in [-0.2, -0.15) is 56.1 Å². The van der Waals surface area contributed by atoms with Crippen LogP contribution in [0.3, 0.4) is 0 Å². The standard InChI is InChI=1S/C24H41O3S3.3Li/c1-5-12-28-15-9-21(25)18-24(8-4,19-22(26)10-16-29-13-6-2)20-23(27)11-17-30-14-7-3;;;/h5-7H,8-20H2,1-4H3;;;/q-3;3*+1. The average Bonchev–Trinajstić information content (AvgIpc) is 2.71. The number of Topliss-reactive ketones (excluding diaryl/α,β-unsaturated/α-hetero) is 3. The molecule has 0 atom stereocenters. The first kappa shape index (κ1) is 42.0. The van der Waals surface area contributed by atoms with Gasteiger partial charge in [0.25, 0.3) is 0 Å². The van der Waals surface area contributed by atoms with Crippen LogP contribution in [-0.2, 0) is 14.4 Å². The summed E-state index contributed by atoms with van der Waals surface area (Å²) in [6.45, 7) is 8.07. The van der Waals surface area contributed by atoms with E-state index < -0.39 is 5.41 Å². The third kappa shape index (κ3) is 24.0. The molecule has 176 valence electrons. The Kier molecular flexibility index (Phi) is 36.1. The molecule has 0 saturated carbocycles. The van der Waals surface area contributed by atoms with E-state index in [1.165, 1.54) is 0 Å². The Bertz CT molecular complexity index is 430. The van der Waals surface area contributed by atoms with Crippen molar-refractivity contribution in [1.29, 1.82) is 0 Å². The zero-order valence-electron chi connectivity index (χ0n) is 22.4. The van der Waals surface area contributed by atoms with E-state index in [9.17, 15) is 14.4 Å². The van der Waals surface area contributed by atoms with E-state index in [4.69, 9.17) is 0 Å². The zero-order chi connectivity index (χ0) is 22.7. The molecule has 0 fully saturated rings. The van der Waals surface area contributed by atoms with Crippen LogP contribution in [0.25, 0.3) is 0 Å². The SMILES string of the molecule is C[CH-]CSCCC(=O)CC(CC)(CC(=O)CCSC[CH-]C)CC(=O)CCSC[CH-]C.[Li+].[Li+].[Li+]. The van der Waals surface area contributed by atoms with Gasteiger partial charge in [0.05, 0.1) is 0 Å². The monoisotopic (exact) mass is 494 g/mol. The maximum Gasteiger partial charge on any atom is 1.00 e. The fourth-order valence-electron chi connectivity index (χ4n) is 3.24. The molecule has 0 radical (unpaired) electrons. The molecule has 0 saturated heterocycles. The smallest absolute Gasteiger partial charge is 0.322 e. The van der Waals surface area contributed by atoms with E-state index in [1.54, 1.807) is 35.3 Å². The van der Waals surface area contributed by atoms with Gasteiger partial charge in [0.2, 0.25) is 0 Å². The number of ketones is 3. The summed E-state index contributed by atoms with van der Waals surface area (Å²) in [6.07, 6.45) is 9.57. The zero-order valence-corrected chi connectivity index (χ0v) is 24.8. The van der Waals surface area contributed by atoms with Crippen LogP contribution in [0.2, 0.25) is 0 Å². The molecular weight excluding hydrogens is 453 g/mol.